The topological polar surface area (TPSA) is 77.4 Å². The van der Waals surface area contributed by atoms with Crippen LogP contribution in [0.2, 0.25) is 0 Å². The van der Waals surface area contributed by atoms with E-state index in [4.69, 9.17) is 18.9 Å². The smallest absolute Gasteiger partial charge is 0.116 e. The van der Waals surface area contributed by atoms with Crippen molar-refractivity contribution in [2.45, 2.75) is 63.1 Å². The van der Waals surface area contributed by atoms with Gasteiger partial charge in [0.15, 0.2) is 0 Å². The van der Waals surface area contributed by atoms with Gasteiger partial charge in [0.2, 0.25) is 0 Å². The highest BCUT2D eigenvalue weighted by Gasteiger charge is 2.52. The van der Waals surface area contributed by atoms with E-state index in [1.807, 2.05) is 121 Å². The van der Waals surface area contributed by atoms with Gasteiger partial charge in [0, 0.05) is 0 Å². The molecule has 4 aromatic rings. The number of aliphatic hydroxyl groups excluding tert-OH is 2. The molecule has 0 aromatic heterocycles. The van der Waals surface area contributed by atoms with Gasteiger partial charge in [0.05, 0.1) is 26.4 Å². The van der Waals surface area contributed by atoms with Crippen LogP contribution in [0, 0.1) is 0 Å². The molecule has 6 nitrogen and oxygen atoms in total. The summed E-state index contributed by atoms with van der Waals surface area (Å²) >= 11 is 0. The molecule has 0 saturated heterocycles. The third-order valence-electron chi connectivity index (χ3n) is 7.14. The Kier molecular flexibility index (Phi) is 10.1. The summed E-state index contributed by atoms with van der Waals surface area (Å²) in [6.07, 6.45) is -5.63. The number of aliphatic hydroxyl groups is 2. The molecule has 0 unspecified atom stereocenters. The second-order valence-corrected chi connectivity index (χ2v) is 10.0. The fraction of sp³-hybridized carbons (Fsp3) is 0.294. The summed E-state index contributed by atoms with van der Waals surface area (Å²) in [4.78, 5) is 0. The summed E-state index contributed by atoms with van der Waals surface area (Å²) in [7, 11) is 0. The van der Waals surface area contributed by atoms with E-state index in [9.17, 15) is 10.2 Å². The Labute approximate surface area is 235 Å². The first-order chi connectivity index (χ1) is 19.7. The zero-order valence-corrected chi connectivity index (χ0v) is 22.4. The molecule has 5 rings (SSSR count). The average molecular weight is 541 g/mol. The molecule has 208 valence electrons. The Morgan fingerprint density at radius 1 is 0.350 bits per heavy atom. The Morgan fingerprint density at radius 3 is 0.825 bits per heavy atom. The van der Waals surface area contributed by atoms with Gasteiger partial charge in [-0.15, -0.1) is 0 Å². The molecule has 0 heterocycles. The predicted molar refractivity (Wildman–Crippen MR) is 152 cm³/mol. The molecule has 1 aliphatic carbocycles. The Hall–Kier alpha value is -3.36. The van der Waals surface area contributed by atoms with E-state index in [-0.39, 0.29) is 26.4 Å². The van der Waals surface area contributed by atoms with Gasteiger partial charge in [-0.05, 0) is 22.3 Å². The molecule has 0 bridgehead atoms. The van der Waals surface area contributed by atoms with Crippen LogP contribution in [0.4, 0.5) is 0 Å². The van der Waals surface area contributed by atoms with Gasteiger partial charge in [-0.1, -0.05) is 121 Å². The molecule has 6 heteroatoms. The molecule has 1 aliphatic rings. The van der Waals surface area contributed by atoms with Gasteiger partial charge in [0.1, 0.15) is 36.6 Å². The monoisotopic (exact) mass is 540 g/mol. The summed E-state index contributed by atoms with van der Waals surface area (Å²) in [5.41, 5.74) is 3.87. The van der Waals surface area contributed by atoms with Gasteiger partial charge < -0.3 is 29.2 Å². The van der Waals surface area contributed by atoms with Crippen molar-refractivity contribution in [2.24, 2.45) is 0 Å². The molecule has 2 N–H and O–H groups in total. The lowest BCUT2D eigenvalue weighted by Crippen LogP contribution is -2.66. The molecular formula is C34H36O6. The van der Waals surface area contributed by atoms with E-state index < -0.39 is 36.6 Å². The highest BCUT2D eigenvalue weighted by molar-refractivity contribution is 5.17. The van der Waals surface area contributed by atoms with Crippen molar-refractivity contribution in [3.63, 3.8) is 0 Å². The van der Waals surface area contributed by atoms with Gasteiger partial charge in [-0.3, -0.25) is 0 Å². The zero-order valence-electron chi connectivity index (χ0n) is 22.4. The van der Waals surface area contributed by atoms with Gasteiger partial charge in [-0.25, -0.2) is 0 Å². The van der Waals surface area contributed by atoms with Crippen molar-refractivity contribution in [2.75, 3.05) is 0 Å². The fourth-order valence-corrected chi connectivity index (χ4v) is 4.98. The molecule has 0 spiro atoms. The van der Waals surface area contributed by atoms with Crippen molar-refractivity contribution >= 4 is 0 Å². The van der Waals surface area contributed by atoms with Crippen LogP contribution in [-0.4, -0.2) is 46.8 Å². The summed E-state index contributed by atoms with van der Waals surface area (Å²) in [6.45, 7) is 1.08. The fourth-order valence-electron chi connectivity index (χ4n) is 4.98. The molecule has 1 fully saturated rings. The van der Waals surface area contributed by atoms with Crippen LogP contribution in [0.3, 0.4) is 0 Å². The van der Waals surface area contributed by atoms with Crippen LogP contribution < -0.4 is 0 Å². The van der Waals surface area contributed by atoms with Crippen LogP contribution in [0.5, 0.6) is 0 Å². The van der Waals surface area contributed by atoms with Crippen molar-refractivity contribution in [3.05, 3.63) is 144 Å². The van der Waals surface area contributed by atoms with Crippen LogP contribution >= 0.6 is 0 Å². The first-order valence-corrected chi connectivity index (χ1v) is 13.7. The van der Waals surface area contributed by atoms with Gasteiger partial charge in [0.25, 0.3) is 0 Å². The Balaban J connectivity index is 1.42. The average Bonchev–Trinajstić information content (AvgIpc) is 3.01. The summed E-state index contributed by atoms with van der Waals surface area (Å²) in [6, 6.07) is 39.1. The molecule has 0 radical (unpaired) electrons. The summed E-state index contributed by atoms with van der Waals surface area (Å²) in [5, 5.41) is 22.7. The van der Waals surface area contributed by atoms with Crippen LogP contribution in [0.25, 0.3) is 0 Å². The van der Waals surface area contributed by atoms with E-state index in [0.717, 1.165) is 22.3 Å². The first-order valence-electron chi connectivity index (χ1n) is 13.7. The largest absolute Gasteiger partial charge is 0.387 e. The molecule has 0 amide bonds. The third kappa shape index (κ3) is 7.43. The normalized spacial score (nSPS) is 24.6. The number of benzene rings is 4. The zero-order chi connectivity index (χ0) is 27.6. The van der Waals surface area contributed by atoms with Crippen molar-refractivity contribution in [1.29, 1.82) is 0 Å². The molecule has 0 aliphatic heterocycles. The first kappa shape index (κ1) is 28.2. The summed E-state index contributed by atoms with van der Waals surface area (Å²) in [5.74, 6) is 0. The molecule has 40 heavy (non-hydrogen) atoms. The molecule has 4 aromatic carbocycles. The number of hydrogen-bond acceptors (Lipinski definition) is 6. The van der Waals surface area contributed by atoms with Gasteiger partial charge in [-0.2, -0.15) is 0 Å². The van der Waals surface area contributed by atoms with Crippen LogP contribution in [0.1, 0.15) is 22.3 Å². The third-order valence-corrected chi connectivity index (χ3v) is 7.14. The number of rotatable bonds is 12. The molecular weight excluding hydrogens is 504 g/mol. The Morgan fingerprint density at radius 2 is 0.575 bits per heavy atom. The maximum atomic E-state index is 11.4. The quantitative estimate of drug-likeness (QED) is 0.262. The van der Waals surface area contributed by atoms with Crippen molar-refractivity contribution in [1.82, 2.24) is 0 Å². The second-order valence-electron chi connectivity index (χ2n) is 10.0. The minimum absolute atomic E-state index is 0.251. The SMILES string of the molecule is O[C@@H]1[C@H](O)[C@H](OCc2ccccc2)[C@H](OCc2ccccc2)[C@H](OCc2ccccc2)[C@@H]1OCc1ccccc1. The lowest BCUT2D eigenvalue weighted by atomic mass is 9.84. The van der Waals surface area contributed by atoms with Crippen molar-refractivity contribution in [3.8, 4) is 0 Å². The molecule has 1 saturated carbocycles. The van der Waals surface area contributed by atoms with E-state index in [1.54, 1.807) is 0 Å². The van der Waals surface area contributed by atoms with Crippen LogP contribution in [-0.2, 0) is 45.4 Å². The highest BCUT2D eigenvalue weighted by Crippen LogP contribution is 2.32. The lowest BCUT2D eigenvalue weighted by Gasteiger charge is -2.47. The van der Waals surface area contributed by atoms with E-state index in [1.165, 1.54) is 0 Å². The highest BCUT2D eigenvalue weighted by atomic mass is 16.6. The predicted octanol–water partition coefficient (Wildman–Crippen LogP) is 5.06. The minimum Gasteiger partial charge on any atom is -0.387 e. The summed E-state index contributed by atoms with van der Waals surface area (Å²) < 4.78 is 25.5. The maximum Gasteiger partial charge on any atom is 0.116 e. The van der Waals surface area contributed by atoms with Gasteiger partial charge >= 0.3 is 0 Å². The minimum atomic E-state index is -1.25. The second kappa shape index (κ2) is 14.3. The van der Waals surface area contributed by atoms with Crippen LogP contribution in [0.15, 0.2) is 121 Å². The van der Waals surface area contributed by atoms with E-state index in [2.05, 4.69) is 0 Å². The maximum absolute atomic E-state index is 11.4. The molecule has 6 atom stereocenters. The Bertz CT molecular complexity index is 1150. The number of hydrogen-bond donors (Lipinski definition) is 2. The van der Waals surface area contributed by atoms with E-state index >= 15 is 0 Å². The number of ether oxygens (including phenoxy) is 4. The van der Waals surface area contributed by atoms with Crippen molar-refractivity contribution < 1.29 is 29.2 Å². The lowest BCUT2D eigenvalue weighted by molar-refractivity contribution is -0.273. The van der Waals surface area contributed by atoms with E-state index in [0.29, 0.717) is 0 Å². The standard InChI is InChI=1S/C34H36O6/c35-29-30(36)32(38-22-26-15-7-2-8-16-26)34(40-24-28-19-11-4-12-20-28)33(39-23-27-17-9-3-10-18-27)31(29)37-21-25-13-5-1-6-14-25/h1-20,29-36H,21-24H2/t29-,30+,31-,32+,33-,34+.